The molecule has 88 valence electrons. The summed E-state index contributed by atoms with van der Waals surface area (Å²) in [5.41, 5.74) is 0.846. The van der Waals surface area contributed by atoms with Crippen LogP contribution in [0.1, 0.15) is 55.5 Å². The molecule has 0 N–H and O–H groups in total. The third-order valence-electron chi connectivity index (χ3n) is 2.83. The van der Waals surface area contributed by atoms with Gasteiger partial charge in [-0.2, -0.15) is 13.2 Å². The van der Waals surface area contributed by atoms with Gasteiger partial charge < -0.3 is 0 Å². The van der Waals surface area contributed by atoms with Crippen molar-refractivity contribution in [2.75, 3.05) is 0 Å². The van der Waals surface area contributed by atoms with Crippen LogP contribution in [-0.4, -0.2) is 4.98 Å². The van der Waals surface area contributed by atoms with Crippen LogP contribution < -0.4 is 0 Å². The minimum Gasteiger partial charge on any atom is -0.248 e. The van der Waals surface area contributed by atoms with Crippen LogP contribution in [0.25, 0.3) is 0 Å². The Morgan fingerprint density at radius 2 is 1.88 bits per heavy atom. The fourth-order valence-corrected chi connectivity index (χ4v) is 1.82. The average molecular weight is 229 g/mol. The van der Waals surface area contributed by atoms with Gasteiger partial charge in [-0.05, 0) is 30.4 Å². The van der Waals surface area contributed by atoms with Gasteiger partial charge in [0.1, 0.15) is 5.69 Å². The number of rotatable bonds is 2. The van der Waals surface area contributed by atoms with Crippen LogP contribution in [0.2, 0.25) is 0 Å². The van der Waals surface area contributed by atoms with Gasteiger partial charge in [0.2, 0.25) is 0 Å². The largest absolute Gasteiger partial charge is 0.433 e. The second-order valence-electron chi connectivity index (χ2n) is 4.60. The van der Waals surface area contributed by atoms with Crippen LogP contribution in [0.5, 0.6) is 0 Å². The normalized spacial score (nSPS) is 16.9. The molecular weight excluding hydrogens is 215 g/mol. The second-order valence-corrected chi connectivity index (χ2v) is 4.60. The molecule has 4 heteroatoms. The lowest BCUT2D eigenvalue weighted by molar-refractivity contribution is -0.141. The Kier molecular flexibility index (Phi) is 2.68. The Bertz CT molecular complexity index is 392. The van der Waals surface area contributed by atoms with Crippen LogP contribution in [0.3, 0.4) is 0 Å². The van der Waals surface area contributed by atoms with Crippen LogP contribution >= 0.6 is 0 Å². The lowest BCUT2D eigenvalue weighted by Gasteiger charge is -2.14. The minimum absolute atomic E-state index is 0.227. The van der Waals surface area contributed by atoms with Crippen LogP contribution in [0.15, 0.2) is 12.1 Å². The van der Waals surface area contributed by atoms with E-state index in [1.165, 1.54) is 0 Å². The van der Waals surface area contributed by atoms with Crippen molar-refractivity contribution in [1.29, 1.82) is 0 Å². The summed E-state index contributed by atoms with van der Waals surface area (Å²) >= 11 is 0. The first kappa shape index (κ1) is 11.4. The Morgan fingerprint density at radius 1 is 1.25 bits per heavy atom. The molecule has 1 aliphatic carbocycles. The minimum atomic E-state index is -4.33. The first-order valence-electron chi connectivity index (χ1n) is 5.47. The molecule has 0 spiro atoms. The fraction of sp³-hybridized carbons (Fsp3) is 0.583. The van der Waals surface area contributed by atoms with E-state index in [1.54, 1.807) is 6.07 Å². The summed E-state index contributed by atoms with van der Waals surface area (Å²) in [6.45, 7) is 3.96. The summed E-state index contributed by atoms with van der Waals surface area (Å²) in [6.07, 6.45) is -2.40. The molecule has 1 heterocycles. The van der Waals surface area contributed by atoms with Crippen molar-refractivity contribution >= 4 is 0 Å². The number of pyridine rings is 1. The van der Waals surface area contributed by atoms with Crippen molar-refractivity contribution in [2.45, 2.75) is 44.7 Å². The van der Waals surface area contributed by atoms with Gasteiger partial charge in [-0.3, -0.25) is 0 Å². The lowest BCUT2D eigenvalue weighted by atomic mass is 9.98. The summed E-state index contributed by atoms with van der Waals surface area (Å²) in [5.74, 6) is 0.477. The SMILES string of the molecule is CC(C)c1ccc(C(F)(F)F)nc1C1CC1. The van der Waals surface area contributed by atoms with Crippen molar-refractivity contribution in [3.05, 3.63) is 29.1 Å². The van der Waals surface area contributed by atoms with E-state index in [2.05, 4.69) is 4.98 Å². The zero-order valence-electron chi connectivity index (χ0n) is 9.30. The molecule has 0 radical (unpaired) electrons. The van der Waals surface area contributed by atoms with Gasteiger partial charge in [-0.15, -0.1) is 0 Å². The van der Waals surface area contributed by atoms with Gasteiger partial charge in [0, 0.05) is 11.6 Å². The summed E-state index contributed by atoms with van der Waals surface area (Å²) in [6, 6.07) is 2.66. The molecule has 1 fully saturated rings. The van der Waals surface area contributed by atoms with E-state index < -0.39 is 11.9 Å². The molecule has 0 aliphatic heterocycles. The average Bonchev–Trinajstić information content (AvgIpc) is 2.98. The molecule has 1 aromatic heterocycles. The van der Waals surface area contributed by atoms with E-state index in [9.17, 15) is 13.2 Å². The molecule has 16 heavy (non-hydrogen) atoms. The highest BCUT2D eigenvalue weighted by atomic mass is 19.4. The van der Waals surface area contributed by atoms with Crippen LogP contribution in [0.4, 0.5) is 13.2 Å². The molecular formula is C12H14F3N. The third kappa shape index (κ3) is 2.20. The maximum atomic E-state index is 12.5. The Balaban J connectivity index is 2.44. The fourth-order valence-electron chi connectivity index (χ4n) is 1.82. The van der Waals surface area contributed by atoms with E-state index in [0.717, 1.165) is 24.5 Å². The Morgan fingerprint density at radius 3 is 2.31 bits per heavy atom. The molecule has 0 unspecified atom stereocenters. The van der Waals surface area contributed by atoms with E-state index >= 15 is 0 Å². The molecule has 0 bridgehead atoms. The lowest BCUT2D eigenvalue weighted by Crippen LogP contribution is -2.11. The Hall–Kier alpha value is -1.06. The van der Waals surface area contributed by atoms with Crippen molar-refractivity contribution in [3.63, 3.8) is 0 Å². The third-order valence-corrected chi connectivity index (χ3v) is 2.83. The summed E-state index contributed by atoms with van der Waals surface area (Å²) in [5, 5.41) is 0. The Labute approximate surface area is 92.7 Å². The van der Waals surface area contributed by atoms with Crippen LogP contribution in [-0.2, 0) is 6.18 Å². The summed E-state index contributed by atoms with van der Waals surface area (Å²) < 4.78 is 37.6. The molecule has 1 aliphatic rings. The number of alkyl halides is 3. The standard InChI is InChI=1S/C12H14F3N/c1-7(2)9-5-6-10(12(13,14)15)16-11(9)8-3-4-8/h5-8H,3-4H2,1-2H3. The van der Waals surface area contributed by atoms with Crippen molar-refractivity contribution in [1.82, 2.24) is 4.98 Å². The topological polar surface area (TPSA) is 12.9 Å². The van der Waals surface area contributed by atoms with Gasteiger partial charge in [0.25, 0.3) is 0 Å². The predicted octanol–water partition coefficient (Wildman–Crippen LogP) is 4.10. The number of hydrogen-bond donors (Lipinski definition) is 0. The van der Waals surface area contributed by atoms with E-state index in [4.69, 9.17) is 0 Å². The van der Waals surface area contributed by atoms with Gasteiger partial charge in [0.15, 0.2) is 0 Å². The van der Waals surface area contributed by atoms with Crippen molar-refractivity contribution < 1.29 is 13.2 Å². The number of halogens is 3. The van der Waals surface area contributed by atoms with E-state index in [1.807, 2.05) is 13.8 Å². The zero-order valence-corrected chi connectivity index (χ0v) is 9.30. The van der Waals surface area contributed by atoms with Gasteiger partial charge in [-0.1, -0.05) is 19.9 Å². The number of nitrogens with zero attached hydrogens (tertiary/aromatic N) is 1. The van der Waals surface area contributed by atoms with Gasteiger partial charge in [0.05, 0.1) is 0 Å². The highest BCUT2D eigenvalue weighted by molar-refractivity contribution is 5.32. The molecule has 2 rings (SSSR count). The number of hydrogen-bond acceptors (Lipinski definition) is 1. The molecule has 1 nitrogen and oxygen atoms in total. The van der Waals surface area contributed by atoms with Gasteiger partial charge >= 0.3 is 6.18 Å². The van der Waals surface area contributed by atoms with Crippen molar-refractivity contribution in [3.8, 4) is 0 Å². The summed E-state index contributed by atoms with van der Waals surface area (Å²) in [7, 11) is 0. The quantitative estimate of drug-likeness (QED) is 0.744. The smallest absolute Gasteiger partial charge is 0.248 e. The maximum Gasteiger partial charge on any atom is 0.433 e. The first-order valence-corrected chi connectivity index (χ1v) is 5.47. The second kappa shape index (κ2) is 3.75. The molecule has 0 aromatic carbocycles. The molecule has 1 saturated carbocycles. The van der Waals surface area contributed by atoms with E-state index in [0.29, 0.717) is 5.69 Å². The van der Waals surface area contributed by atoms with Crippen molar-refractivity contribution in [2.24, 2.45) is 0 Å². The summed E-state index contributed by atoms with van der Waals surface area (Å²) in [4.78, 5) is 3.80. The van der Waals surface area contributed by atoms with Gasteiger partial charge in [-0.25, -0.2) is 4.98 Å². The zero-order chi connectivity index (χ0) is 11.9. The molecule has 1 aromatic rings. The first-order chi connectivity index (χ1) is 7.39. The monoisotopic (exact) mass is 229 g/mol. The molecule has 0 atom stereocenters. The maximum absolute atomic E-state index is 12.5. The predicted molar refractivity (Wildman–Crippen MR) is 55.3 cm³/mol. The highest BCUT2D eigenvalue weighted by Crippen LogP contribution is 2.43. The molecule has 0 saturated heterocycles. The highest BCUT2D eigenvalue weighted by Gasteiger charge is 2.35. The van der Waals surface area contributed by atoms with E-state index in [-0.39, 0.29) is 11.8 Å². The number of aromatic nitrogens is 1. The van der Waals surface area contributed by atoms with Crippen LogP contribution in [0, 0.1) is 0 Å². The molecule has 0 amide bonds.